The number of anilines is 2. The zero-order chi connectivity index (χ0) is 18.8. The van der Waals surface area contributed by atoms with Crippen LogP contribution in [-0.4, -0.2) is 25.5 Å². The van der Waals surface area contributed by atoms with Crippen molar-refractivity contribution in [3.05, 3.63) is 53.1 Å². The summed E-state index contributed by atoms with van der Waals surface area (Å²) in [6.45, 7) is 6.47. The molecule has 1 aliphatic heterocycles. The quantitative estimate of drug-likeness (QED) is 0.914. The molecular formula is C21H24N2O3. The largest absolute Gasteiger partial charge is 0.497 e. The number of hydrogen-bond donors (Lipinski definition) is 1. The summed E-state index contributed by atoms with van der Waals surface area (Å²) in [6.07, 6.45) is 0.231. The van der Waals surface area contributed by atoms with E-state index in [1.165, 1.54) is 5.56 Å². The first-order valence-corrected chi connectivity index (χ1v) is 8.72. The molecule has 5 nitrogen and oxygen atoms in total. The van der Waals surface area contributed by atoms with E-state index in [9.17, 15) is 9.59 Å². The zero-order valence-electron chi connectivity index (χ0n) is 15.6. The lowest BCUT2D eigenvalue weighted by Gasteiger charge is -2.22. The van der Waals surface area contributed by atoms with Crippen LogP contribution < -0.4 is 15.0 Å². The van der Waals surface area contributed by atoms with Crippen molar-refractivity contribution in [1.82, 2.24) is 0 Å². The van der Waals surface area contributed by atoms with Gasteiger partial charge in [0.1, 0.15) is 5.75 Å². The van der Waals surface area contributed by atoms with Crippen LogP contribution in [0.3, 0.4) is 0 Å². The lowest BCUT2D eigenvalue weighted by atomic mass is 10.0. The first kappa shape index (κ1) is 18.0. The Bertz CT molecular complexity index is 820. The smallest absolute Gasteiger partial charge is 0.229 e. The molecule has 26 heavy (non-hydrogen) atoms. The Morgan fingerprint density at radius 3 is 2.31 bits per heavy atom. The van der Waals surface area contributed by atoms with E-state index >= 15 is 0 Å². The van der Waals surface area contributed by atoms with Crippen molar-refractivity contribution in [2.75, 3.05) is 23.9 Å². The van der Waals surface area contributed by atoms with E-state index in [2.05, 4.69) is 17.4 Å². The van der Waals surface area contributed by atoms with E-state index in [0.717, 1.165) is 22.6 Å². The Balaban J connectivity index is 1.74. The van der Waals surface area contributed by atoms with Gasteiger partial charge in [0.05, 0.1) is 13.0 Å². The van der Waals surface area contributed by atoms with Crippen molar-refractivity contribution in [1.29, 1.82) is 0 Å². The van der Waals surface area contributed by atoms with Crippen LogP contribution in [0.15, 0.2) is 36.4 Å². The number of rotatable bonds is 4. The number of nitrogens with zero attached hydrogens (tertiary/aromatic N) is 1. The number of hydrogen-bond acceptors (Lipinski definition) is 3. The molecule has 0 spiro atoms. The first-order chi connectivity index (χ1) is 12.4. The molecule has 2 aromatic rings. The van der Waals surface area contributed by atoms with Gasteiger partial charge in [0.15, 0.2) is 0 Å². The highest BCUT2D eigenvalue weighted by atomic mass is 16.5. The molecule has 1 aliphatic rings. The normalized spacial score (nSPS) is 16.7. The van der Waals surface area contributed by atoms with Crippen molar-refractivity contribution < 1.29 is 14.3 Å². The van der Waals surface area contributed by atoms with E-state index in [-0.39, 0.29) is 24.2 Å². The summed E-state index contributed by atoms with van der Waals surface area (Å²) in [5.74, 6) is 0.239. The van der Waals surface area contributed by atoms with Gasteiger partial charge in [-0.1, -0.05) is 17.7 Å². The van der Waals surface area contributed by atoms with Gasteiger partial charge < -0.3 is 15.0 Å². The summed E-state index contributed by atoms with van der Waals surface area (Å²) >= 11 is 0. The molecule has 2 aromatic carbocycles. The van der Waals surface area contributed by atoms with Crippen LogP contribution >= 0.6 is 0 Å². The molecule has 5 heteroatoms. The number of carbonyl (C=O) groups excluding carboxylic acids is 2. The fraction of sp³-hybridized carbons (Fsp3) is 0.333. The van der Waals surface area contributed by atoms with Crippen LogP contribution in [0.5, 0.6) is 5.75 Å². The predicted molar refractivity (Wildman–Crippen MR) is 103 cm³/mol. The summed E-state index contributed by atoms with van der Waals surface area (Å²) in [6, 6.07) is 11.3. The molecule has 0 bridgehead atoms. The maximum atomic E-state index is 12.6. The SMILES string of the molecule is COc1ccc(NC(=O)C2CC(=O)N(c3c(C)cc(C)cc3C)C2)cc1. The highest BCUT2D eigenvalue weighted by Gasteiger charge is 2.36. The second-order valence-corrected chi connectivity index (χ2v) is 6.87. The minimum Gasteiger partial charge on any atom is -0.497 e. The van der Waals surface area contributed by atoms with Crippen LogP contribution in [0.2, 0.25) is 0 Å². The third-order valence-electron chi connectivity index (χ3n) is 4.76. The molecule has 0 saturated carbocycles. The molecule has 1 heterocycles. The molecule has 1 N–H and O–H groups in total. The zero-order valence-corrected chi connectivity index (χ0v) is 15.6. The minimum atomic E-state index is -0.357. The van der Waals surface area contributed by atoms with E-state index < -0.39 is 0 Å². The molecule has 0 radical (unpaired) electrons. The Morgan fingerprint density at radius 2 is 1.73 bits per heavy atom. The van der Waals surface area contributed by atoms with Gasteiger partial charge in [0, 0.05) is 24.3 Å². The third kappa shape index (κ3) is 3.57. The molecule has 3 rings (SSSR count). The van der Waals surface area contributed by atoms with Crippen LogP contribution in [0.1, 0.15) is 23.1 Å². The summed E-state index contributed by atoms with van der Waals surface area (Å²) in [4.78, 5) is 26.9. The molecule has 1 saturated heterocycles. The van der Waals surface area contributed by atoms with Gasteiger partial charge in [0.2, 0.25) is 11.8 Å². The number of methoxy groups -OCH3 is 1. The molecule has 2 amide bonds. The van der Waals surface area contributed by atoms with Gasteiger partial charge >= 0.3 is 0 Å². The van der Waals surface area contributed by atoms with Crippen LogP contribution in [0.4, 0.5) is 11.4 Å². The molecule has 136 valence electrons. The van der Waals surface area contributed by atoms with Gasteiger partial charge in [-0.2, -0.15) is 0 Å². The number of nitrogens with one attached hydrogen (secondary N) is 1. The van der Waals surface area contributed by atoms with Crippen molar-refractivity contribution >= 4 is 23.2 Å². The summed E-state index contributed by atoms with van der Waals surface area (Å²) in [5.41, 5.74) is 4.92. The summed E-state index contributed by atoms with van der Waals surface area (Å²) in [7, 11) is 1.60. The second-order valence-electron chi connectivity index (χ2n) is 6.87. The fourth-order valence-electron chi connectivity index (χ4n) is 3.62. The Morgan fingerprint density at radius 1 is 1.12 bits per heavy atom. The number of ether oxygens (including phenoxy) is 1. The fourth-order valence-corrected chi connectivity index (χ4v) is 3.62. The Hall–Kier alpha value is -2.82. The lowest BCUT2D eigenvalue weighted by Crippen LogP contribution is -2.29. The highest BCUT2D eigenvalue weighted by molar-refractivity contribution is 6.04. The second kappa shape index (κ2) is 7.20. The van der Waals surface area contributed by atoms with E-state index in [4.69, 9.17) is 4.74 Å². The minimum absolute atomic E-state index is 0.00469. The maximum absolute atomic E-state index is 12.6. The van der Waals surface area contributed by atoms with Crippen molar-refractivity contribution in [3.8, 4) is 5.75 Å². The van der Waals surface area contributed by atoms with E-state index in [0.29, 0.717) is 12.2 Å². The molecule has 0 aromatic heterocycles. The third-order valence-corrected chi connectivity index (χ3v) is 4.76. The monoisotopic (exact) mass is 352 g/mol. The molecule has 1 fully saturated rings. The molecule has 0 aliphatic carbocycles. The topological polar surface area (TPSA) is 58.6 Å². The molecular weight excluding hydrogens is 328 g/mol. The summed E-state index contributed by atoms with van der Waals surface area (Å²) < 4.78 is 5.12. The van der Waals surface area contributed by atoms with Gasteiger partial charge in [-0.3, -0.25) is 9.59 Å². The number of aryl methyl sites for hydroxylation is 3. The maximum Gasteiger partial charge on any atom is 0.229 e. The average molecular weight is 352 g/mol. The van der Waals surface area contributed by atoms with E-state index in [1.807, 2.05) is 20.8 Å². The van der Waals surface area contributed by atoms with Crippen molar-refractivity contribution in [2.24, 2.45) is 5.92 Å². The van der Waals surface area contributed by atoms with Gasteiger partial charge in [-0.25, -0.2) is 0 Å². The lowest BCUT2D eigenvalue weighted by molar-refractivity contribution is -0.122. The standard InChI is InChI=1S/C21H24N2O3/c1-13-9-14(2)20(15(3)10-13)23-12-16(11-19(23)24)21(25)22-17-5-7-18(26-4)8-6-17/h5-10,16H,11-12H2,1-4H3,(H,22,25). The number of benzene rings is 2. The summed E-state index contributed by atoms with van der Waals surface area (Å²) in [5, 5.41) is 2.89. The highest BCUT2D eigenvalue weighted by Crippen LogP contribution is 2.32. The predicted octanol–water partition coefficient (Wildman–Crippen LogP) is 3.61. The Labute approximate surface area is 154 Å². The van der Waals surface area contributed by atoms with Crippen LogP contribution in [0.25, 0.3) is 0 Å². The van der Waals surface area contributed by atoms with Crippen molar-refractivity contribution in [2.45, 2.75) is 27.2 Å². The number of amides is 2. The average Bonchev–Trinajstić information content (AvgIpc) is 2.96. The van der Waals surface area contributed by atoms with Crippen LogP contribution in [0, 0.1) is 26.7 Å². The van der Waals surface area contributed by atoms with Crippen LogP contribution in [-0.2, 0) is 9.59 Å². The van der Waals surface area contributed by atoms with Crippen molar-refractivity contribution in [3.63, 3.8) is 0 Å². The first-order valence-electron chi connectivity index (χ1n) is 8.72. The Kier molecular flexibility index (Phi) is 4.98. The van der Waals surface area contributed by atoms with Gasteiger partial charge in [-0.05, 0) is 56.2 Å². The molecule has 1 unspecified atom stereocenters. The van der Waals surface area contributed by atoms with E-state index in [1.54, 1.807) is 36.3 Å². The molecule has 1 atom stereocenters. The van der Waals surface area contributed by atoms with Gasteiger partial charge in [0.25, 0.3) is 0 Å². The van der Waals surface area contributed by atoms with Gasteiger partial charge in [-0.15, -0.1) is 0 Å². The number of carbonyl (C=O) groups is 2.